The Hall–Kier alpha value is -1.90. The van der Waals surface area contributed by atoms with Crippen molar-refractivity contribution in [3.63, 3.8) is 0 Å². The topological polar surface area (TPSA) is 34.9 Å². The number of benzene rings is 1. The van der Waals surface area contributed by atoms with Crippen molar-refractivity contribution in [3.05, 3.63) is 47.3 Å². The zero-order chi connectivity index (χ0) is 15.2. The van der Waals surface area contributed by atoms with Crippen LogP contribution in [0.2, 0.25) is 0 Å². The third kappa shape index (κ3) is 2.41. The summed E-state index contributed by atoms with van der Waals surface area (Å²) in [4.78, 5) is 12.6. The summed E-state index contributed by atoms with van der Waals surface area (Å²) >= 11 is 0. The molecule has 21 heavy (non-hydrogen) atoms. The van der Waals surface area contributed by atoms with Crippen LogP contribution in [0.15, 0.2) is 30.3 Å². The molecule has 1 heterocycles. The van der Waals surface area contributed by atoms with Gasteiger partial charge in [0.25, 0.3) is 0 Å². The molecular weight excluding hydrogens is 260 g/mol. The number of ketones is 1. The molecule has 0 fully saturated rings. The second kappa shape index (κ2) is 4.83. The highest BCUT2D eigenvalue weighted by Gasteiger charge is 2.37. The molecule has 0 saturated heterocycles. The van der Waals surface area contributed by atoms with Gasteiger partial charge in [0.15, 0.2) is 5.78 Å². The van der Waals surface area contributed by atoms with Crippen LogP contribution in [-0.2, 0) is 6.42 Å². The standard InChI is InChI=1S/C18H22N2O/c1-12(2)17-16-14(10-18(3,4)11-15(16)21)20(19-17)13-8-6-5-7-9-13/h5-9,12H,10-11H2,1-4H3. The minimum Gasteiger partial charge on any atom is -0.294 e. The van der Waals surface area contributed by atoms with Crippen molar-refractivity contribution in [2.75, 3.05) is 0 Å². The molecule has 0 atom stereocenters. The van der Waals surface area contributed by atoms with Gasteiger partial charge in [-0.1, -0.05) is 45.9 Å². The van der Waals surface area contributed by atoms with E-state index in [4.69, 9.17) is 5.10 Å². The zero-order valence-electron chi connectivity index (χ0n) is 13.2. The first kappa shape index (κ1) is 14.1. The minimum absolute atomic E-state index is 0.00486. The maximum Gasteiger partial charge on any atom is 0.167 e. The van der Waals surface area contributed by atoms with E-state index in [9.17, 15) is 4.79 Å². The Morgan fingerprint density at radius 3 is 2.43 bits per heavy atom. The highest BCUT2D eigenvalue weighted by Crippen LogP contribution is 2.38. The number of carbonyl (C=O) groups is 1. The Kier molecular flexibility index (Phi) is 3.23. The first-order chi connectivity index (χ1) is 9.89. The molecule has 1 aliphatic rings. The summed E-state index contributed by atoms with van der Waals surface area (Å²) in [6, 6.07) is 10.1. The molecule has 0 spiro atoms. The van der Waals surface area contributed by atoms with Crippen molar-refractivity contribution in [1.82, 2.24) is 9.78 Å². The van der Waals surface area contributed by atoms with Crippen molar-refractivity contribution >= 4 is 5.78 Å². The number of hydrogen-bond acceptors (Lipinski definition) is 2. The third-order valence-electron chi connectivity index (χ3n) is 4.12. The van der Waals surface area contributed by atoms with Crippen molar-refractivity contribution in [1.29, 1.82) is 0 Å². The van der Waals surface area contributed by atoms with Gasteiger partial charge in [0.2, 0.25) is 0 Å². The molecule has 0 bridgehead atoms. The molecule has 0 saturated carbocycles. The Morgan fingerprint density at radius 1 is 1.14 bits per heavy atom. The lowest BCUT2D eigenvalue weighted by molar-refractivity contribution is 0.0909. The molecule has 1 aromatic heterocycles. The molecule has 110 valence electrons. The van der Waals surface area contributed by atoms with Gasteiger partial charge in [-0.25, -0.2) is 4.68 Å². The fraction of sp³-hybridized carbons (Fsp3) is 0.444. The number of nitrogens with zero attached hydrogens (tertiary/aromatic N) is 2. The van der Waals surface area contributed by atoms with Gasteiger partial charge in [-0.15, -0.1) is 0 Å². The van der Waals surface area contributed by atoms with Crippen molar-refractivity contribution in [2.45, 2.75) is 46.5 Å². The summed E-state index contributed by atoms with van der Waals surface area (Å²) in [5, 5.41) is 4.77. The van der Waals surface area contributed by atoms with Crippen LogP contribution in [0.4, 0.5) is 0 Å². The first-order valence-corrected chi connectivity index (χ1v) is 7.59. The molecule has 3 rings (SSSR count). The lowest BCUT2D eigenvalue weighted by atomic mass is 9.75. The van der Waals surface area contributed by atoms with E-state index in [2.05, 4.69) is 27.7 Å². The predicted octanol–water partition coefficient (Wildman–Crippen LogP) is 4.15. The second-order valence-electron chi connectivity index (χ2n) is 7.05. The highest BCUT2D eigenvalue weighted by atomic mass is 16.1. The summed E-state index contributed by atoms with van der Waals surface area (Å²) in [5.74, 6) is 0.501. The summed E-state index contributed by atoms with van der Waals surface area (Å²) in [5.41, 5.74) is 3.92. The Bertz CT molecular complexity index is 681. The lowest BCUT2D eigenvalue weighted by Gasteiger charge is -2.29. The second-order valence-corrected chi connectivity index (χ2v) is 7.05. The van der Waals surface area contributed by atoms with Gasteiger partial charge < -0.3 is 0 Å². The SMILES string of the molecule is CC(C)c1nn(-c2ccccc2)c2c1C(=O)CC(C)(C)C2. The third-order valence-corrected chi connectivity index (χ3v) is 4.12. The normalized spacial score (nSPS) is 17.1. The number of carbonyl (C=O) groups excluding carboxylic acids is 1. The molecule has 3 heteroatoms. The molecule has 3 nitrogen and oxygen atoms in total. The van der Waals surface area contributed by atoms with Crippen LogP contribution in [-0.4, -0.2) is 15.6 Å². The summed E-state index contributed by atoms with van der Waals surface area (Å²) in [6.07, 6.45) is 1.50. The summed E-state index contributed by atoms with van der Waals surface area (Å²) in [7, 11) is 0. The van der Waals surface area contributed by atoms with E-state index in [-0.39, 0.29) is 17.1 Å². The van der Waals surface area contributed by atoms with Crippen LogP contribution >= 0.6 is 0 Å². The molecule has 0 aliphatic heterocycles. The lowest BCUT2D eigenvalue weighted by Crippen LogP contribution is -2.28. The van der Waals surface area contributed by atoms with Crippen molar-refractivity contribution < 1.29 is 4.79 Å². The number of fused-ring (bicyclic) bond motifs is 1. The molecule has 0 radical (unpaired) electrons. The number of Topliss-reactive ketones (excluding diaryl/α,β-unsaturated/α-hetero) is 1. The number of para-hydroxylation sites is 1. The van der Waals surface area contributed by atoms with Gasteiger partial charge in [-0.2, -0.15) is 5.10 Å². The van der Waals surface area contributed by atoms with Gasteiger partial charge in [0.1, 0.15) is 0 Å². The number of aromatic nitrogens is 2. The fourth-order valence-electron chi connectivity index (χ4n) is 3.16. The number of rotatable bonds is 2. The monoisotopic (exact) mass is 282 g/mol. The summed E-state index contributed by atoms with van der Waals surface area (Å²) in [6.45, 7) is 8.52. The Balaban J connectivity index is 2.24. The van der Waals surface area contributed by atoms with Crippen LogP contribution in [0.3, 0.4) is 0 Å². The van der Waals surface area contributed by atoms with Gasteiger partial charge in [0, 0.05) is 6.42 Å². The largest absolute Gasteiger partial charge is 0.294 e. The van der Waals surface area contributed by atoms with E-state index in [1.54, 1.807) is 0 Å². The maximum absolute atomic E-state index is 12.6. The molecule has 2 aromatic rings. The van der Waals surface area contributed by atoms with Crippen molar-refractivity contribution in [3.8, 4) is 5.69 Å². The van der Waals surface area contributed by atoms with E-state index in [1.165, 1.54) is 0 Å². The summed E-state index contributed by atoms with van der Waals surface area (Å²) < 4.78 is 1.98. The minimum atomic E-state index is 0.00486. The quantitative estimate of drug-likeness (QED) is 0.829. The van der Waals surface area contributed by atoms with Crippen LogP contribution in [0, 0.1) is 5.41 Å². The fourth-order valence-corrected chi connectivity index (χ4v) is 3.16. The maximum atomic E-state index is 12.6. The van der Waals surface area contributed by atoms with Gasteiger partial charge in [-0.05, 0) is 29.9 Å². The number of hydrogen-bond donors (Lipinski definition) is 0. The average Bonchev–Trinajstić information content (AvgIpc) is 2.78. The first-order valence-electron chi connectivity index (χ1n) is 7.59. The van der Waals surface area contributed by atoms with E-state index < -0.39 is 0 Å². The highest BCUT2D eigenvalue weighted by molar-refractivity contribution is 6.00. The molecule has 0 N–H and O–H groups in total. The molecule has 1 aliphatic carbocycles. The van der Waals surface area contributed by atoms with E-state index >= 15 is 0 Å². The van der Waals surface area contributed by atoms with Gasteiger partial charge >= 0.3 is 0 Å². The molecule has 0 unspecified atom stereocenters. The van der Waals surface area contributed by atoms with Crippen LogP contribution in [0.5, 0.6) is 0 Å². The van der Waals surface area contributed by atoms with Crippen molar-refractivity contribution in [2.24, 2.45) is 5.41 Å². The van der Waals surface area contributed by atoms with E-state index in [0.29, 0.717) is 6.42 Å². The van der Waals surface area contributed by atoms with Crippen LogP contribution in [0.25, 0.3) is 5.69 Å². The molecular formula is C18H22N2O. The van der Waals surface area contributed by atoms with Crippen LogP contribution in [0.1, 0.15) is 61.8 Å². The van der Waals surface area contributed by atoms with E-state index in [0.717, 1.165) is 29.1 Å². The average molecular weight is 282 g/mol. The predicted molar refractivity (Wildman–Crippen MR) is 84.1 cm³/mol. The molecule has 0 amide bonds. The van der Waals surface area contributed by atoms with Crippen LogP contribution < -0.4 is 0 Å². The Labute approximate surface area is 126 Å². The smallest absolute Gasteiger partial charge is 0.167 e. The van der Waals surface area contributed by atoms with Gasteiger partial charge in [-0.3, -0.25) is 4.79 Å². The molecule has 1 aromatic carbocycles. The Morgan fingerprint density at radius 2 is 1.81 bits per heavy atom. The van der Waals surface area contributed by atoms with E-state index in [1.807, 2.05) is 35.0 Å². The van der Waals surface area contributed by atoms with Gasteiger partial charge in [0.05, 0.1) is 22.6 Å². The zero-order valence-corrected chi connectivity index (χ0v) is 13.2.